The number of esters is 1. The quantitative estimate of drug-likeness (QED) is 0.757. The monoisotopic (exact) mass is 261 g/mol. The van der Waals surface area contributed by atoms with Gasteiger partial charge in [-0.3, -0.25) is 9.69 Å². The van der Waals surface area contributed by atoms with Gasteiger partial charge in [-0.1, -0.05) is 23.4 Å². The Labute approximate surface area is 111 Å². The van der Waals surface area contributed by atoms with Crippen molar-refractivity contribution in [2.24, 2.45) is 0 Å². The number of hydrogen-bond acceptors (Lipinski definition) is 6. The maximum absolute atomic E-state index is 11.1. The molecule has 0 aliphatic rings. The lowest BCUT2D eigenvalue weighted by atomic mass is 10.2. The lowest BCUT2D eigenvalue weighted by Gasteiger charge is -2.11. The van der Waals surface area contributed by atoms with Crippen molar-refractivity contribution in [2.45, 2.75) is 6.54 Å². The Balaban J connectivity index is 2.00. The van der Waals surface area contributed by atoms with Crippen molar-refractivity contribution >= 4 is 5.97 Å². The van der Waals surface area contributed by atoms with Gasteiger partial charge in [0.2, 0.25) is 0 Å². The van der Waals surface area contributed by atoms with Crippen LogP contribution in [0.1, 0.15) is 5.82 Å². The summed E-state index contributed by atoms with van der Waals surface area (Å²) in [6, 6.07) is 9.53. The van der Waals surface area contributed by atoms with E-state index >= 15 is 0 Å². The molecule has 0 bridgehead atoms. The number of likely N-dealkylation sites (N-methyl/N-ethyl adjacent to an activating group) is 1. The second-order valence-electron chi connectivity index (χ2n) is 4.13. The molecule has 2 rings (SSSR count). The molecule has 0 unspecified atom stereocenters. The molecule has 6 nitrogen and oxygen atoms in total. The fourth-order valence-electron chi connectivity index (χ4n) is 1.60. The van der Waals surface area contributed by atoms with Crippen LogP contribution in [0.5, 0.6) is 0 Å². The second kappa shape index (κ2) is 6.10. The molecule has 0 aliphatic carbocycles. The Morgan fingerprint density at radius 2 is 2.11 bits per heavy atom. The summed E-state index contributed by atoms with van der Waals surface area (Å²) in [7, 11) is 3.15. The van der Waals surface area contributed by atoms with Crippen LogP contribution in [0.3, 0.4) is 0 Å². The summed E-state index contributed by atoms with van der Waals surface area (Å²) < 4.78 is 9.77. The first-order valence-corrected chi connectivity index (χ1v) is 5.82. The molecule has 0 fully saturated rings. The summed E-state index contributed by atoms with van der Waals surface area (Å²) in [6.07, 6.45) is 0. The van der Waals surface area contributed by atoms with Gasteiger partial charge in [0.25, 0.3) is 5.89 Å². The number of carbonyl (C=O) groups excluding carboxylic acids is 1. The molecule has 6 heteroatoms. The van der Waals surface area contributed by atoms with E-state index in [2.05, 4.69) is 14.9 Å². The van der Waals surface area contributed by atoms with E-state index in [0.717, 1.165) is 5.56 Å². The zero-order valence-corrected chi connectivity index (χ0v) is 10.9. The summed E-state index contributed by atoms with van der Waals surface area (Å²) in [6.45, 7) is 0.608. The van der Waals surface area contributed by atoms with Crippen LogP contribution < -0.4 is 0 Å². The Kier molecular flexibility index (Phi) is 4.25. The lowest BCUT2D eigenvalue weighted by molar-refractivity contribution is -0.141. The Morgan fingerprint density at radius 3 is 2.79 bits per heavy atom. The molecule has 19 heavy (non-hydrogen) atoms. The van der Waals surface area contributed by atoms with E-state index in [4.69, 9.17) is 4.52 Å². The zero-order valence-electron chi connectivity index (χ0n) is 10.9. The molecule has 0 aliphatic heterocycles. The summed E-state index contributed by atoms with van der Waals surface area (Å²) in [5, 5.41) is 3.89. The van der Waals surface area contributed by atoms with Gasteiger partial charge in [0.15, 0.2) is 5.82 Å². The summed E-state index contributed by atoms with van der Waals surface area (Å²) in [5.74, 6) is 0.710. The van der Waals surface area contributed by atoms with Gasteiger partial charge in [-0.2, -0.15) is 4.98 Å². The van der Waals surface area contributed by atoms with Crippen LogP contribution in [0.15, 0.2) is 34.9 Å². The number of aromatic nitrogens is 2. The van der Waals surface area contributed by atoms with E-state index in [1.54, 1.807) is 11.9 Å². The highest BCUT2D eigenvalue weighted by Gasteiger charge is 2.12. The van der Waals surface area contributed by atoms with Crippen molar-refractivity contribution < 1.29 is 14.1 Å². The molecule has 0 radical (unpaired) electrons. The first-order chi connectivity index (χ1) is 9.19. The Morgan fingerprint density at radius 1 is 1.37 bits per heavy atom. The average Bonchev–Trinajstić information content (AvgIpc) is 2.88. The van der Waals surface area contributed by atoms with Crippen molar-refractivity contribution in [1.29, 1.82) is 0 Å². The number of nitrogens with zero attached hydrogens (tertiary/aromatic N) is 3. The van der Waals surface area contributed by atoms with Crippen LogP contribution in [0.25, 0.3) is 11.5 Å². The fraction of sp³-hybridized carbons (Fsp3) is 0.308. The molecule has 1 aromatic carbocycles. The van der Waals surface area contributed by atoms with Gasteiger partial charge < -0.3 is 9.26 Å². The third kappa shape index (κ3) is 3.62. The normalized spacial score (nSPS) is 10.7. The first-order valence-electron chi connectivity index (χ1n) is 5.82. The van der Waals surface area contributed by atoms with E-state index < -0.39 is 0 Å². The molecular weight excluding hydrogens is 246 g/mol. The van der Waals surface area contributed by atoms with Crippen molar-refractivity contribution in [1.82, 2.24) is 15.0 Å². The maximum atomic E-state index is 11.1. The molecule has 0 N–H and O–H groups in total. The largest absolute Gasteiger partial charge is 0.468 e. The summed E-state index contributed by atoms with van der Waals surface area (Å²) >= 11 is 0. The highest BCUT2D eigenvalue weighted by atomic mass is 16.5. The van der Waals surface area contributed by atoms with E-state index in [0.29, 0.717) is 18.3 Å². The second-order valence-corrected chi connectivity index (χ2v) is 4.13. The highest BCUT2D eigenvalue weighted by Crippen LogP contribution is 2.16. The Bertz CT molecular complexity index is 539. The van der Waals surface area contributed by atoms with Crippen LogP contribution in [-0.4, -0.2) is 41.7 Å². The minimum atomic E-state index is -0.297. The molecule has 0 amide bonds. The van der Waals surface area contributed by atoms with Gasteiger partial charge >= 0.3 is 5.97 Å². The molecule has 0 saturated heterocycles. The van der Waals surface area contributed by atoms with Crippen molar-refractivity contribution in [3.05, 3.63) is 36.2 Å². The lowest BCUT2D eigenvalue weighted by Crippen LogP contribution is -2.26. The van der Waals surface area contributed by atoms with Crippen LogP contribution in [0, 0.1) is 0 Å². The summed E-state index contributed by atoms with van der Waals surface area (Å²) in [4.78, 5) is 17.1. The van der Waals surface area contributed by atoms with Crippen LogP contribution in [0.2, 0.25) is 0 Å². The highest BCUT2D eigenvalue weighted by molar-refractivity contribution is 5.71. The number of ether oxygens (including phenoxy) is 1. The number of hydrogen-bond donors (Lipinski definition) is 0. The first kappa shape index (κ1) is 13.2. The summed E-state index contributed by atoms with van der Waals surface area (Å²) in [5.41, 5.74) is 0.872. The SMILES string of the molecule is COC(=O)CN(C)Cc1noc(-c2ccccc2)n1. The minimum absolute atomic E-state index is 0.186. The van der Waals surface area contributed by atoms with E-state index in [9.17, 15) is 4.79 Å². The average molecular weight is 261 g/mol. The van der Waals surface area contributed by atoms with E-state index in [-0.39, 0.29) is 12.5 Å². The number of carbonyl (C=O) groups is 1. The van der Waals surface area contributed by atoms with Crippen molar-refractivity contribution in [3.8, 4) is 11.5 Å². The van der Waals surface area contributed by atoms with Crippen molar-refractivity contribution in [3.63, 3.8) is 0 Å². The maximum Gasteiger partial charge on any atom is 0.319 e. The molecule has 0 spiro atoms. The number of benzene rings is 1. The van der Waals surface area contributed by atoms with Gasteiger partial charge in [-0.15, -0.1) is 0 Å². The molecule has 1 heterocycles. The molecule has 2 aromatic rings. The molecule has 100 valence electrons. The van der Waals surface area contributed by atoms with Gasteiger partial charge in [0, 0.05) is 5.56 Å². The van der Waals surface area contributed by atoms with Crippen LogP contribution in [0.4, 0.5) is 0 Å². The van der Waals surface area contributed by atoms with E-state index in [1.807, 2.05) is 30.3 Å². The molecule has 0 atom stereocenters. The van der Waals surface area contributed by atoms with Crippen molar-refractivity contribution in [2.75, 3.05) is 20.7 Å². The third-order valence-corrected chi connectivity index (χ3v) is 2.53. The van der Waals surface area contributed by atoms with Gasteiger partial charge in [0.1, 0.15) is 0 Å². The molecular formula is C13H15N3O3. The Hall–Kier alpha value is -2.21. The van der Waals surface area contributed by atoms with Crippen LogP contribution in [-0.2, 0) is 16.1 Å². The molecule has 1 aromatic heterocycles. The minimum Gasteiger partial charge on any atom is -0.468 e. The van der Waals surface area contributed by atoms with Gasteiger partial charge in [-0.25, -0.2) is 0 Å². The fourth-order valence-corrected chi connectivity index (χ4v) is 1.60. The smallest absolute Gasteiger partial charge is 0.319 e. The predicted octanol–water partition coefficient (Wildman–Crippen LogP) is 1.34. The number of methoxy groups -OCH3 is 1. The topological polar surface area (TPSA) is 68.5 Å². The third-order valence-electron chi connectivity index (χ3n) is 2.53. The van der Waals surface area contributed by atoms with Gasteiger partial charge in [-0.05, 0) is 19.2 Å². The van der Waals surface area contributed by atoms with E-state index in [1.165, 1.54) is 7.11 Å². The van der Waals surface area contributed by atoms with Gasteiger partial charge in [0.05, 0.1) is 20.2 Å². The van der Waals surface area contributed by atoms with Crippen LogP contribution >= 0.6 is 0 Å². The standard InChI is InChI=1S/C13H15N3O3/c1-16(9-12(17)18-2)8-11-14-13(19-15-11)10-6-4-3-5-7-10/h3-7H,8-9H2,1-2H3. The number of rotatable bonds is 5. The predicted molar refractivity (Wildman–Crippen MR) is 68.1 cm³/mol. The molecule has 0 saturated carbocycles. The zero-order chi connectivity index (χ0) is 13.7.